The Morgan fingerprint density at radius 2 is 1.71 bits per heavy atom. The molecule has 0 aromatic heterocycles. The van der Waals surface area contributed by atoms with Crippen LogP contribution in [0.4, 0.5) is 0 Å². The van der Waals surface area contributed by atoms with E-state index < -0.39 is 0 Å². The highest BCUT2D eigenvalue weighted by molar-refractivity contribution is 6.05. The Bertz CT molecular complexity index is 642. The van der Waals surface area contributed by atoms with Gasteiger partial charge in [0.15, 0.2) is 0 Å². The van der Waals surface area contributed by atoms with Crippen molar-refractivity contribution in [2.45, 2.75) is 32.2 Å². The highest BCUT2D eigenvalue weighted by atomic mass is 16.2. The van der Waals surface area contributed by atoms with E-state index in [1.807, 2.05) is 49.4 Å². The van der Waals surface area contributed by atoms with Gasteiger partial charge in [0.25, 0.3) is 0 Å². The minimum atomic E-state index is -0.228. The van der Waals surface area contributed by atoms with Gasteiger partial charge in [-0.25, -0.2) is 0 Å². The van der Waals surface area contributed by atoms with Gasteiger partial charge >= 0.3 is 0 Å². The second-order valence-electron chi connectivity index (χ2n) is 6.43. The molecule has 3 rings (SSSR count). The number of allylic oxidation sites excluding steroid dienone is 2. The molecule has 1 fully saturated rings. The average molecular weight is 326 g/mol. The van der Waals surface area contributed by atoms with E-state index in [1.165, 1.54) is 4.90 Å². The SMILES string of the molecule is C[C@@H](NC(=O)CCN1C(=O)[C@H]2CC=CC[C@H]2C1=O)c1ccccc1. The van der Waals surface area contributed by atoms with Gasteiger partial charge in [-0.05, 0) is 25.3 Å². The Morgan fingerprint density at radius 1 is 1.12 bits per heavy atom. The Kier molecular flexibility index (Phi) is 4.79. The molecular formula is C19H22N2O3. The van der Waals surface area contributed by atoms with E-state index in [1.54, 1.807) is 0 Å². The monoisotopic (exact) mass is 326 g/mol. The van der Waals surface area contributed by atoms with Crippen molar-refractivity contribution in [1.82, 2.24) is 10.2 Å². The largest absolute Gasteiger partial charge is 0.350 e. The quantitative estimate of drug-likeness (QED) is 0.666. The molecule has 1 saturated heterocycles. The molecule has 1 heterocycles. The van der Waals surface area contributed by atoms with Crippen molar-refractivity contribution in [3.63, 3.8) is 0 Å². The number of carbonyl (C=O) groups is 3. The van der Waals surface area contributed by atoms with Crippen molar-refractivity contribution in [2.24, 2.45) is 11.8 Å². The molecule has 1 aromatic carbocycles. The average Bonchev–Trinajstić information content (AvgIpc) is 2.85. The molecule has 3 atom stereocenters. The summed E-state index contributed by atoms with van der Waals surface area (Å²) in [5.74, 6) is -0.862. The summed E-state index contributed by atoms with van der Waals surface area (Å²) >= 11 is 0. The molecule has 1 aromatic rings. The molecule has 1 aliphatic carbocycles. The smallest absolute Gasteiger partial charge is 0.233 e. The van der Waals surface area contributed by atoms with Crippen LogP contribution in [0.5, 0.6) is 0 Å². The van der Waals surface area contributed by atoms with E-state index in [-0.39, 0.29) is 48.6 Å². The normalized spacial score (nSPS) is 24.0. The van der Waals surface area contributed by atoms with E-state index in [9.17, 15) is 14.4 Å². The van der Waals surface area contributed by atoms with Crippen LogP contribution in [-0.4, -0.2) is 29.2 Å². The summed E-state index contributed by atoms with van der Waals surface area (Å²) in [6, 6.07) is 9.59. The second kappa shape index (κ2) is 6.99. The van der Waals surface area contributed by atoms with Crippen molar-refractivity contribution in [1.29, 1.82) is 0 Å². The number of hydrogen-bond acceptors (Lipinski definition) is 3. The summed E-state index contributed by atoms with van der Waals surface area (Å²) in [5, 5.41) is 2.91. The number of likely N-dealkylation sites (tertiary alicyclic amines) is 1. The molecule has 5 heteroatoms. The molecule has 2 aliphatic rings. The topological polar surface area (TPSA) is 66.5 Å². The van der Waals surface area contributed by atoms with Gasteiger partial charge in [0.1, 0.15) is 0 Å². The van der Waals surface area contributed by atoms with Crippen LogP contribution in [0.25, 0.3) is 0 Å². The summed E-state index contributed by atoms with van der Waals surface area (Å²) in [4.78, 5) is 38.1. The summed E-state index contributed by atoms with van der Waals surface area (Å²) in [6.45, 7) is 2.08. The zero-order chi connectivity index (χ0) is 17.1. The molecule has 5 nitrogen and oxygen atoms in total. The van der Waals surface area contributed by atoms with E-state index in [0.717, 1.165) is 5.56 Å². The van der Waals surface area contributed by atoms with E-state index in [0.29, 0.717) is 12.8 Å². The zero-order valence-electron chi connectivity index (χ0n) is 13.8. The summed E-state index contributed by atoms with van der Waals surface area (Å²) < 4.78 is 0. The third-order valence-corrected chi connectivity index (χ3v) is 4.84. The van der Waals surface area contributed by atoms with Crippen LogP contribution < -0.4 is 5.32 Å². The molecular weight excluding hydrogens is 304 g/mol. The summed E-state index contributed by atoms with van der Waals surface area (Å²) in [5.41, 5.74) is 1.02. The van der Waals surface area contributed by atoms with Gasteiger partial charge in [-0.15, -0.1) is 0 Å². The lowest BCUT2D eigenvalue weighted by molar-refractivity contribution is -0.140. The second-order valence-corrected chi connectivity index (χ2v) is 6.43. The molecule has 3 amide bonds. The first kappa shape index (κ1) is 16.4. The number of benzene rings is 1. The number of hydrogen-bond donors (Lipinski definition) is 1. The molecule has 1 aliphatic heterocycles. The fourth-order valence-electron chi connectivity index (χ4n) is 3.44. The fourth-order valence-corrected chi connectivity index (χ4v) is 3.44. The number of rotatable bonds is 5. The number of nitrogens with zero attached hydrogens (tertiary/aromatic N) is 1. The predicted molar refractivity (Wildman–Crippen MR) is 89.7 cm³/mol. The van der Waals surface area contributed by atoms with Crippen molar-refractivity contribution in [3.8, 4) is 0 Å². The Labute approximate surface area is 141 Å². The molecule has 0 saturated carbocycles. The molecule has 0 radical (unpaired) electrons. The molecule has 24 heavy (non-hydrogen) atoms. The van der Waals surface area contributed by atoms with Crippen LogP contribution in [0.15, 0.2) is 42.5 Å². The molecule has 0 spiro atoms. The van der Waals surface area contributed by atoms with Gasteiger partial charge < -0.3 is 5.32 Å². The first-order valence-corrected chi connectivity index (χ1v) is 8.42. The van der Waals surface area contributed by atoms with Crippen LogP contribution in [0.1, 0.15) is 37.8 Å². The Balaban J connectivity index is 1.53. The van der Waals surface area contributed by atoms with Crippen LogP contribution in [0.3, 0.4) is 0 Å². The number of nitrogens with one attached hydrogen (secondary N) is 1. The third kappa shape index (κ3) is 3.25. The fraction of sp³-hybridized carbons (Fsp3) is 0.421. The van der Waals surface area contributed by atoms with Gasteiger partial charge in [0.2, 0.25) is 17.7 Å². The van der Waals surface area contributed by atoms with Crippen LogP contribution in [-0.2, 0) is 14.4 Å². The Morgan fingerprint density at radius 3 is 2.29 bits per heavy atom. The predicted octanol–water partition coefficient (Wildman–Crippen LogP) is 2.21. The minimum Gasteiger partial charge on any atom is -0.350 e. The maximum Gasteiger partial charge on any atom is 0.233 e. The first-order valence-electron chi connectivity index (χ1n) is 8.42. The maximum atomic E-state index is 12.3. The standard InChI is InChI=1S/C19H22N2O3/c1-13(14-7-3-2-4-8-14)20-17(22)11-12-21-18(23)15-9-5-6-10-16(15)19(21)24/h2-8,13,15-16H,9-12H2,1H3,(H,20,22)/t13-,15-,16+/m1/s1. The van der Waals surface area contributed by atoms with Gasteiger partial charge in [-0.2, -0.15) is 0 Å². The van der Waals surface area contributed by atoms with Gasteiger partial charge in [-0.3, -0.25) is 19.3 Å². The van der Waals surface area contributed by atoms with Crippen LogP contribution in [0, 0.1) is 11.8 Å². The van der Waals surface area contributed by atoms with Crippen LogP contribution in [0.2, 0.25) is 0 Å². The Hall–Kier alpha value is -2.43. The number of carbonyl (C=O) groups excluding carboxylic acids is 3. The van der Waals surface area contributed by atoms with Gasteiger partial charge in [-0.1, -0.05) is 42.5 Å². The lowest BCUT2D eigenvalue weighted by Crippen LogP contribution is -2.36. The minimum absolute atomic E-state index is 0.101. The van der Waals surface area contributed by atoms with Crippen molar-refractivity contribution in [2.75, 3.05) is 6.54 Å². The van der Waals surface area contributed by atoms with E-state index in [2.05, 4.69) is 5.32 Å². The molecule has 0 unspecified atom stereocenters. The van der Waals surface area contributed by atoms with Crippen LogP contribution >= 0.6 is 0 Å². The zero-order valence-corrected chi connectivity index (χ0v) is 13.8. The lowest BCUT2D eigenvalue weighted by atomic mass is 9.85. The lowest BCUT2D eigenvalue weighted by Gasteiger charge is -2.17. The number of amides is 3. The number of fused-ring (bicyclic) bond motifs is 1. The van der Waals surface area contributed by atoms with Crippen molar-refractivity contribution < 1.29 is 14.4 Å². The van der Waals surface area contributed by atoms with Crippen molar-refractivity contribution >= 4 is 17.7 Å². The maximum absolute atomic E-state index is 12.3. The third-order valence-electron chi connectivity index (χ3n) is 4.84. The molecule has 0 bridgehead atoms. The van der Waals surface area contributed by atoms with Gasteiger partial charge in [0.05, 0.1) is 17.9 Å². The number of imide groups is 1. The van der Waals surface area contributed by atoms with E-state index >= 15 is 0 Å². The highest BCUT2D eigenvalue weighted by Gasteiger charge is 2.46. The highest BCUT2D eigenvalue weighted by Crippen LogP contribution is 2.34. The van der Waals surface area contributed by atoms with Gasteiger partial charge in [0, 0.05) is 13.0 Å². The summed E-state index contributed by atoms with van der Waals surface area (Å²) in [6.07, 6.45) is 5.32. The molecule has 1 N–H and O–H groups in total. The van der Waals surface area contributed by atoms with Crippen molar-refractivity contribution in [3.05, 3.63) is 48.0 Å². The molecule has 126 valence electrons. The first-order chi connectivity index (χ1) is 11.6. The van der Waals surface area contributed by atoms with E-state index in [4.69, 9.17) is 0 Å². The summed E-state index contributed by atoms with van der Waals surface area (Å²) in [7, 11) is 0.